The van der Waals surface area contributed by atoms with E-state index in [4.69, 9.17) is 9.47 Å². The summed E-state index contributed by atoms with van der Waals surface area (Å²) in [6, 6.07) is 21.8. The number of nitrogens with zero attached hydrogens (tertiary/aromatic N) is 2. The van der Waals surface area contributed by atoms with Gasteiger partial charge in [0.2, 0.25) is 5.91 Å². The summed E-state index contributed by atoms with van der Waals surface area (Å²) in [5.74, 6) is -2.00. The second kappa shape index (κ2) is 16.5. The molecular weight excluding hydrogens is 682 g/mol. The average Bonchev–Trinajstić information content (AvgIpc) is 3.07. The van der Waals surface area contributed by atoms with Crippen molar-refractivity contribution in [2.75, 3.05) is 12.9 Å². The maximum atomic E-state index is 14.0. The molecule has 0 bridgehead atoms. The molecule has 1 N–H and O–H groups in total. The zero-order valence-corrected chi connectivity index (χ0v) is 28.3. The molecule has 0 aromatic heterocycles. The van der Waals surface area contributed by atoms with Gasteiger partial charge in [0.1, 0.15) is 5.57 Å². The third-order valence-corrected chi connectivity index (χ3v) is 8.37. The van der Waals surface area contributed by atoms with Gasteiger partial charge in [-0.05, 0) is 47.9 Å². The normalized spacial score (nSPS) is 14.4. The Hall–Kier alpha value is -5.00. The fourth-order valence-corrected chi connectivity index (χ4v) is 5.85. The predicted octanol–water partition coefficient (Wildman–Crippen LogP) is 6.78. The minimum atomic E-state index is -0.779. The van der Waals surface area contributed by atoms with Crippen molar-refractivity contribution in [2.45, 2.75) is 19.9 Å². The number of hydrogen-bond acceptors (Lipinski definition) is 7. The van der Waals surface area contributed by atoms with Gasteiger partial charge in [-0.15, -0.1) is 0 Å². The number of thioether (sulfide) groups is 1. The lowest BCUT2D eigenvalue weighted by Gasteiger charge is -2.28. The molecule has 4 rings (SSSR count). The Balaban J connectivity index is 1.66. The highest BCUT2D eigenvalue weighted by Crippen LogP contribution is 2.36. The number of methoxy groups -OCH3 is 1. The van der Waals surface area contributed by atoms with Crippen LogP contribution in [-0.4, -0.2) is 46.6 Å². The number of rotatable bonds is 11. The minimum absolute atomic E-state index is 0.0481. The third-order valence-electron chi connectivity index (χ3n) is 6.75. The van der Waals surface area contributed by atoms with Gasteiger partial charge in [0.05, 0.1) is 18.9 Å². The number of nitrogens with one attached hydrogen (secondary N) is 1. The lowest BCUT2D eigenvalue weighted by Crippen LogP contribution is -2.42. The largest absolute Gasteiger partial charge is 0.493 e. The number of amidine groups is 1. The van der Waals surface area contributed by atoms with E-state index >= 15 is 0 Å². The SMILES string of the molecule is C=C/C=C\C(=C/C)N1C(=O)/C(=C/c2cc(OC)c(OC(C)=O)cc2Br)C(=O)N=C1SCC(=O)NC(c1ccccc1)c1ccccc1. The molecule has 0 saturated heterocycles. The molecule has 240 valence electrons. The van der Waals surface area contributed by atoms with Gasteiger partial charge in [-0.1, -0.05) is 113 Å². The summed E-state index contributed by atoms with van der Waals surface area (Å²) in [6.45, 7) is 6.70. The van der Waals surface area contributed by atoms with Crippen LogP contribution in [0.5, 0.6) is 11.5 Å². The molecular formula is C36H32BrN3O6S. The summed E-state index contributed by atoms with van der Waals surface area (Å²) >= 11 is 4.39. The van der Waals surface area contributed by atoms with Crippen LogP contribution in [0.4, 0.5) is 0 Å². The van der Waals surface area contributed by atoms with Crippen LogP contribution < -0.4 is 14.8 Å². The molecule has 11 heteroatoms. The molecule has 3 aromatic rings. The first-order chi connectivity index (χ1) is 22.7. The Morgan fingerprint density at radius 3 is 2.23 bits per heavy atom. The third kappa shape index (κ3) is 8.84. The van der Waals surface area contributed by atoms with E-state index in [2.05, 4.69) is 32.8 Å². The Morgan fingerprint density at radius 1 is 1.04 bits per heavy atom. The van der Waals surface area contributed by atoms with Crippen molar-refractivity contribution in [3.63, 3.8) is 0 Å². The van der Waals surface area contributed by atoms with Crippen LogP contribution in [0.1, 0.15) is 36.6 Å². The highest BCUT2D eigenvalue weighted by Gasteiger charge is 2.35. The number of esters is 1. The number of carbonyl (C=O) groups excluding carboxylic acids is 4. The van der Waals surface area contributed by atoms with Gasteiger partial charge in [-0.3, -0.25) is 24.1 Å². The van der Waals surface area contributed by atoms with Crippen molar-refractivity contribution in [3.05, 3.63) is 136 Å². The van der Waals surface area contributed by atoms with Crippen molar-refractivity contribution in [2.24, 2.45) is 4.99 Å². The van der Waals surface area contributed by atoms with Crippen LogP contribution in [0.15, 0.2) is 124 Å². The molecule has 9 nitrogen and oxygen atoms in total. The maximum absolute atomic E-state index is 14.0. The molecule has 1 aliphatic rings. The molecule has 0 spiro atoms. The van der Waals surface area contributed by atoms with E-state index in [9.17, 15) is 19.2 Å². The summed E-state index contributed by atoms with van der Waals surface area (Å²) in [5, 5.41) is 3.12. The highest BCUT2D eigenvalue weighted by molar-refractivity contribution is 9.10. The van der Waals surface area contributed by atoms with Gasteiger partial charge < -0.3 is 14.8 Å². The van der Waals surface area contributed by atoms with Crippen LogP contribution in [0.2, 0.25) is 0 Å². The Morgan fingerprint density at radius 2 is 1.68 bits per heavy atom. The molecule has 0 saturated carbocycles. The fourth-order valence-electron chi connectivity index (χ4n) is 4.60. The van der Waals surface area contributed by atoms with E-state index in [0.717, 1.165) is 22.9 Å². The molecule has 1 aliphatic heterocycles. The number of aliphatic imine (C=N–C) groups is 1. The second-order valence-electron chi connectivity index (χ2n) is 9.94. The first-order valence-corrected chi connectivity index (χ1v) is 16.2. The number of carbonyl (C=O) groups is 4. The van der Waals surface area contributed by atoms with E-state index in [0.29, 0.717) is 15.7 Å². The van der Waals surface area contributed by atoms with Gasteiger partial charge in [0.25, 0.3) is 11.8 Å². The lowest BCUT2D eigenvalue weighted by atomic mass is 9.99. The van der Waals surface area contributed by atoms with Crippen LogP contribution in [0, 0.1) is 0 Å². The standard InChI is InChI=1S/C36H32BrN3O6S/c1-5-7-18-27(6-2)40-35(44)28(19-26-20-30(45-4)31(21-29(26)37)46-23(3)41)34(43)39-36(40)47-22-32(42)38-33(24-14-10-8-11-15-24)25-16-12-9-13-17-25/h5-21,33H,1,22H2,2-4H3,(H,38,42)/b18-7-,27-6+,28-19+. The van der Waals surface area contributed by atoms with Gasteiger partial charge in [-0.2, -0.15) is 4.99 Å². The van der Waals surface area contributed by atoms with Crippen LogP contribution in [0.25, 0.3) is 6.08 Å². The number of hydrogen-bond donors (Lipinski definition) is 1. The van der Waals surface area contributed by atoms with Gasteiger partial charge in [-0.25, -0.2) is 0 Å². The molecule has 3 aromatic carbocycles. The monoisotopic (exact) mass is 713 g/mol. The van der Waals surface area contributed by atoms with Gasteiger partial charge in [0.15, 0.2) is 16.7 Å². The zero-order chi connectivity index (χ0) is 33.9. The molecule has 0 fully saturated rings. The van der Waals surface area contributed by atoms with Gasteiger partial charge >= 0.3 is 5.97 Å². The topological polar surface area (TPSA) is 114 Å². The number of allylic oxidation sites excluding steroid dienone is 4. The fraction of sp³-hybridized carbons (Fsp3) is 0.139. The van der Waals surface area contributed by atoms with Crippen molar-refractivity contribution in [1.82, 2.24) is 10.2 Å². The predicted molar refractivity (Wildman–Crippen MR) is 188 cm³/mol. The second-order valence-corrected chi connectivity index (χ2v) is 11.7. The number of benzene rings is 3. The van der Waals surface area contributed by atoms with Crippen LogP contribution in [-0.2, 0) is 19.2 Å². The van der Waals surface area contributed by atoms with Crippen molar-refractivity contribution < 1.29 is 28.7 Å². The minimum Gasteiger partial charge on any atom is -0.493 e. The molecule has 0 unspecified atom stereocenters. The smallest absolute Gasteiger partial charge is 0.308 e. The Kier molecular flexibility index (Phi) is 12.3. The molecule has 0 atom stereocenters. The number of halogens is 1. The quantitative estimate of drug-likeness (QED) is 0.0767. The summed E-state index contributed by atoms with van der Waals surface area (Å²) in [5.41, 5.74) is 2.43. The van der Waals surface area contributed by atoms with Gasteiger partial charge in [0, 0.05) is 17.1 Å². The molecule has 1 heterocycles. The first-order valence-electron chi connectivity index (χ1n) is 14.4. The van der Waals surface area contributed by atoms with Crippen molar-refractivity contribution >= 4 is 62.6 Å². The molecule has 3 amide bonds. The highest BCUT2D eigenvalue weighted by atomic mass is 79.9. The number of amides is 3. The van der Waals surface area contributed by atoms with Crippen LogP contribution in [0.3, 0.4) is 0 Å². The average molecular weight is 715 g/mol. The molecule has 0 radical (unpaired) electrons. The van der Waals surface area contributed by atoms with E-state index in [1.807, 2.05) is 60.7 Å². The van der Waals surface area contributed by atoms with Crippen molar-refractivity contribution in [3.8, 4) is 11.5 Å². The zero-order valence-electron chi connectivity index (χ0n) is 25.9. The molecule has 0 aliphatic carbocycles. The van der Waals surface area contributed by atoms with E-state index in [1.54, 1.807) is 31.2 Å². The summed E-state index contributed by atoms with van der Waals surface area (Å²) in [4.78, 5) is 57.8. The van der Waals surface area contributed by atoms with E-state index in [-0.39, 0.29) is 33.9 Å². The number of ether oxygens (including phenoxy) is 2. The maximum Gasteiger partial charge on any atom is 0.308 e. The summed E-state index contributed by atoms with van der Waals surface area (Å²) in [6.07, 6.45) is 7.93. The van der Waals surface area contributed by atoms with E-state index in [1.165, 1.54) is 37.1 Å². The summed E-state index contributed by atoms with van der Waals surface area (Å²) < 4.78 is 11.0. The summed E-state index contributed by atoms with van der Waals surface area (Å²) in [7, 11) is 1.40. The van der Waals surface area contributed by atoms with Crippen molar-refractivity contribution in [1.29, 1.82) is 0 Å². The van der Waals surface area contributed by atoms with Crippen LogP contribution >= 0.6 is 27.7 Å². The molecule has 47 heavy (non-hydrogen) atoms. The first kappa shape index (κ1) is 34.9. The Labute approximate surface area is 285 Å². The lowest BCUT2D eigenvalue weighted by molar-refractivity contribution is -0.132. The van der Waals surface area contributed by atoms with E-state index < -0.39 is 23.8 Å². The Bertz CT molecular complexity index is 1760.